The Bertz CT molecular complexity index is 1400. The van der Waals surface area contributed by atoms with Gasteiger partial charge in [-0.2, -0.15) is 0 Å². The molecule has 11 heteroatoms. The zero-order valence-electron chi connectivity index (χ0n) is 26.4. The summed E-state index contributed by atoms with van der Waals surface area (Å²) < 4.78 is 37.4. The Morgan fingerprint density at radius 2 is 1.70 bits per heavy atom. The fourth-order valence-corrected chi connectivity index (χ4v) is 10.2. The van der Waals surface area contributed by atoms with E-state index in [1.165, 1.54) is 6.92 Å². The summed E-state index contributed by atoms with van der Waals surface area (Å²) in [5, 5.41) is 0. The number of hydrogen-bond acceptors (Lipinski definition) is 11. The molecular formula is C33H42O11. The van der Waals surface area contributed by atoms with E-state index in [9.17, 15) is 19.2 Å². The highest BCUT2D eigenvalue weighted by Gasteiger charge is 2.82. The largest absolute Gasteiger partial charge is 0.466 e. The number of ether oxygens (including phenoxy) is 6. The predicted octanol–water partition coefficient (Wildman–Crippen LogP) is 3.00. The third-order valence-electron chi connectivity index (χ3n) is 12.0. The molecular weight excluding hydrogens is 572 g/mol. The average molecular weight is 615 g/mol. The van der Waals surface area contributed by atoms with E-state index in [-0.39, 0.29) is 37.4 Å². The van der Waals surface area contributed by atoms with Crippen molar-refractivity contribution < 1.29 is 52.4 Å². The molecule has 44 heavy (non-hydrogen) atoms. The van der Waals surface area contributed by atoms with Crippen LogP contribution >= 0.6 is 0 Å². The maximum atomic E-state index is 15.1. The molecule has 0 N–H and O–H groups in total. The van der Waals surface area contributed by atoms with Gasteiger partial charge >= 0.3 is 17.9 Å². The highest BCUT2D eigenvalue weighted by molar-refractivity contribution is 5.98. The minimum atomic E-state index is -1.83. The van der Waals surface area contributed by atoms with E-state index >= 15 is 4.79 Å². The normalized spacial score (nSPS) is 48.1. The first-order chi connectivity index (χ1) is 20.6. The van der Waals surface area contributed by atoms with Crippen molar-refractivity contribution in [3.63, 3.8) is 0 Å². The number of fused-ring (bicyclic) bond motifs is 2. The molecule has 11 nitrogen and oxygen atoms in total. The van der Waals surface area contributed by atoms with E-state index in [2.05, 4.69) is 0 Å². The average Bonchev–Trinajstić information content (AvgIpc) is 3.43. The minimum Gasteiger partial charge on any atom is -0.466 e. The van der Waals surface area contributed by atoms with Crippen LogP contribution in [0.4, 0.5) is 0 Å². The van der Waals surface area contributed by atoms with Crippen molar-refractivity contribution >= 4 is 29.5 Å². The van der Waals surface area contributed by atoms with Gasteiger partial charge in [0.2, 0.25) is 11.6 Å². The first-order valence-corrected chi connectivity index (χ1v) is 16.0. The van der Waals surface area contributed by atoms with Crippen molar-refractivity contribution in [1.29, 1.82) is 0 Å². The summed E-state index contributed by atoms with van der Waals surface area (Å²) in [5.41, 5.74) is -1.25. The second-order valence-corrected chi connectivity index (χ2v) is 14.7. The molecule has 4 saturated heterocycles. The van der Waals surface area contributed by atoms with E-state index in [1.807, 2.05) is 27.7 Å². The molecule has 12 atom stereocenters. The van der Waals surface area contributed by atoms with Crippen LogP contribution in [-0.2, 0) is 52.4 Å². The van der Waals surface area contributed by atoms with Crippen molar-refractivity contribution in [3.8, 4) is 0 Å². The maximum Gasteiger partial charge on any atom is 0.311 e. The zero-order valence-corrected chi connectivity index (χ0v) is 26.4. The molecule has 5 aliphatic heterocycles. The standard InChI is InChI=1S/C33H42O11/c1-8-39-21(35)12-19-17-13-32-10-9-31(7)26-22(14(2)27(31)36)25-24(15(3)29(38)41-25)43-33(26,44-32)28(37)23(32)20(40-16(4)34)11-18(17)30(5,6)42-19/h14-15,19-20,22-26H,8-13H2,1-7H3/t14-,15-,19+,20-,22+,23-,24+,25+,26-,31-,32-,33-/m0/s1. The molecule has 2 bridgehead atoms. The molecule has 0 unspecified atom stereocenters. The van der Waals surface area contributed by atoms with Gasteiger partial charge in [0, 0.05) is 42.9 Å². The van der Waals surface area contributed by atoms with Gasteiger partial charge in [-0.15, -0.1) is 0 Å². The Morgan fingerprint density at radius 3 is 2.39 bits per heavy atom. The molecule has 0 aromatic heterocycles. The van der Waals surface area contributed by atoms with E-state index in [4.69, 9.17) is 28.4 Å². The predicted molar refractivity (Wildman–Crippen MR) is 149 cm³/mol. The van der Waals surface area contributed by atoms with Crippen LogP contribution in [0, 0.1) is 35.0 Å². The summed E-state index contributed by atoms with van der Waals surface area (Å²) in [6.45, 7) is 12.6. The van der Waals surface area contributed by atoms with Crippen LogP contribution in [0.15, 0.2) is 11.1 Å². The molecule has 7 rings (SSSR count). The van der Waals surface area contributed by atoms with Crippen LogP contribution < -0.4 is 0 Å². The van der Waals surface area contributed by atoms with Gasteiger partial charge in [-0.05, 0) is 51.7 Å². The molecule has 2 spiro atoms. The molecule has 240 valence electrons. The van der Waals surface area contributed by atoms with Crippen molar-refractivity contribution in [2.75, 3.05) is 6.61 Å². The molecule has 1 saturated carbocycles. The lowest BCUT2D eigenvalue weighted by atomic mass is 9.61. The lowest BCUT2D eigenvalue weighted by Gasteiger charge is -2.50. The van der Waals surface area contributed by atoms with Gasteiger partial charge in [-0.25, -0.2) is 0 Å². The Balaban J connectivity index is 1.39. The minimum absolute atomic E-state index is 0.0101. The van der Waals surface area contributed by atoms with Gasteiger partial charge in [-0.1, -0.05) is 13.8 Å². The fraction of sp³-hybridized carbons (Fsp3) is 0.788. The molecule has 0 aromatic carbocycles. The lowest BCUT2D eigenvalue weighted by Crippen LogP contribution is -2.63. The highest BCUT2D eigenvalue weighted by atomic mass is 16.7. The summed E-state index contributed by atoms with van der Waals surface area (Å²) >= 11 is 0. The molecule has 0 aromatic rings. The van der Waals surface area contributed by atoms with Crippen LogP contribution in [0.3, 0.4) is 0 Å². The number of hydrogen-bond donors (Lipinski definition) is 0. The summed E-state index contributed by atoms with van der Waals surface area (Å²) in [7, 11) is 0. The SMILES string of the molecule is CCOC(=O)C[C@H]1OC(C)(C)C2=C1C[C@]13CC[C@]4(C)C(=O)[C@@H](C)[C@@H]5[C@H]6OC(=O)[C@@H](C)[C@H]6O[C@@](O1)(C(=O)[C@@H]3[C@@H](OC(C)=O)C2)[C@@H]54. The van der Waals surface area contributed by atoms with Gasteiger partial charge in [0.05, 0.1) is 42.2 Å². The second-order valence-electron chi connectivity index (χ2n) is 14.7. The van der Waals surface area contributed by atoms with Crippen LogP contribution in [0.1, 0.15) is 80.6 Å². The van der Waals surface area contributed by atoms with Crippen molar-refractivity contribution in [3.05, 3.63) is 11.1 Å². The van der Waals surface area contributed by atoms with Gasteiger partial charge in [0.15, 0.2) is 0 Å². The van der Waals surface area contributed by atoms with Gasteiger partial charge in [-0.3, -0.25) is 24.0 Å². The Hall–Kier alpha value is -2.63. The number of rotatable bonds is 4. The molecule has 0 radical (unpaired) electrons. The quantitative estimate of drug-likeness (QED) is 0.262. The first kappa shape index (κ1) is 30.0. The van der Waals surface area contributed by atoms with Crippen molar-refractivity contribution in [2.45, 2.75) is 122 Å². The first-order valence-electron chi connectivity index (χ1n) is 16.0. The van der Waals surface area contributed by atoms with Crippen LogP contribution in [0.2, 0.25) is 0 Å². The van der Waals surface area contributed by atoms with E-state index < -0.39 is 94.3 Å². The number of ketones is 2. The van der Waals surface area contributed by atoms with Crippen molar-refractivity contribution in [2.24, 2.45) is 35.0 Å². The molecule has 5 heterocycles. The molecule has 0 amide bonds. The highest BCUT2D eigenvalue weighted by Crippen LogP contribution is 2.70. The Morgan fingerprint density at radius 1 is 0.977 bits per heavy atom. The zero-order chi connectivity index (χ0) is 31.7. The fourth-order valence-electron chi connectivity index (χ4n) is 10.2. The third-order valence-corrected chi connectivity index (χ3v) is 12.0. The molecule has 7 aliphatic rings. The van der Waals surface area contributed by atoms with Crippen LogP contribution in [0.5, 0.6) is 0 Å². The smallest absolute Gasteiger partial charge is 0.311 e. The van der Waals surface area contributed by atoms with E-state index in [0.29, 0.717) is 12.8 Å². The van der Waals surface area contributed by atoms with E-state index in [1.54, 1.807) is 13.8 Å². The van der Waals surface area contributed by atoms with Gasteiger partial charge in [0.1, 0.15) is 24.1 Å². The number of esters is 3. The van der Waals surface area contributed by atoms with E-state index in [0.717, 1.165) is 11.1 Å². The second kappa shape index (κ2) is 9.45. The monoisotopic (exact) mass is 614 g/mol. The van der Waals surface area contributed by atoms with Crippen LogP contribution in [0.25, 0.3) is 0 Å². The summed E-state index contributed by atoms with van der Waals surface area (Å²) in [6, 6.07) is 0. The van der Waals surface area contributed by atoms with Crippen molar-refractivity contribution in [1.82, 2.24) is 0 Å². The number of carbonyl (C=O) groups is 5. The summed E-state index contributed by atoms with van der Waals surface area (Å²) in [6.07, 6.45) is -1.73. The summed E-state index contributed by atoms with van der Waals surface area (Å²) in [5.74, 6) is -6.67. The topological polar surface area (TPSA) is 141 Å². The third kappa shape index (κ3) is 3.75. The Labute approximate surface area is 256 Å². The maximum absolute atomic E-state index is 15.1. The van der Waals surface area contributed by atoms with Crippen LogP contribution in [-0.4, -0.2) is 77.5 Å². The number of Topliss-reactive ketones (excluding diaryl/α,β-unsaturated/α-hetero) is 2. The van der Waals surface area contributed by atoms with Gasteiger partial charge in [0.25, 0.3) is 0 Å². The Kier molecular flexibility index (Phi) is 6.45. The lowest BCUT2D eigenvalue weighted by molar-refractivity contribution is -0.328. The number of carbonyl (C=O) groups excluding carboxylic acids is 5. The molecule has 2 aliphatic carbocycles. The molecule has 5 fully saturated rings. The summed E-state index contributed by atoms with van der Waals surface area (Å²) in [4.78, 5) is 67.4. The van der Waals surface area contributed by atoms with Gasteiger partial charge < -0.3 is 28.4 Å².